The third-order valence-electron chi connectivity index (χ3n) is 5.73. The van der Waals surface area contributed by atoms with E-state index < -0.39 is 0 Å². The molecule has 1 aromatic heterocycles. The van der Waals surface area contributed by atoms with Crippen molar-refractivity contribution in [3.8, 4) is 11.5 Å². The number of nitrogens with zero attached hydrogens (tertiary/aromatic N) is 4. The highest BCUT2D eigenvalue weighted by Gasteiger charge is 2.23. The van der Waals surface area contributed by atoms with Crippen LogP contribution in [0.25, 0.3) is 0 Å². The molecule has 3 aromatic rings. The van der Waals surface area contributed by atoms with Crippen LogP contribution in [-0.2, 0) is 24.3 Å². The van der Waals surface area contributed by atoms with Gasteiger partial charge in [0.05, 0.1) is 12.1 Å². The molecule has 1 amide bonds. The zero-order valence-electron chi connectivity index (χ0n) is 20.1. The van der Waals surface area contributed by atoms with Crippen molar-refractivity contribution in [1.29, 1.82) is 0 Å². The first-order chi connectivity index (χ1) is 16.5. The number of para-hydroxylation sites is 1. The Morgan fingerprint density at radius 1 is 0.971 bits per heavy atom. The zero-order chi connectivity index (χ0) is 23.9. The molecule has 0 bridgehead atoms. The van der Waals surface area contributed by atoms with Crippen molar-refractivity contribution in [2.75, 3.05) is 19.7 Å². The first-order valence-electron chi connectivity index (χ1n) is 11.8. The summed E-state index contributed by atoms with van der Waals surface area (Å²) in [5, 5.41) is 11.8. The van der Waals surface area contributed by atoms with Gasteiger partial charge in [-0.2, -0.15) is 0 Å². The molecule has 1 aliphatic rings. The Kier molecular flexibility index (Phi) is 7.80. The lowest BCUT2D eigenvalue weighted by molar-refractivity contribution is -0.123. The number of rotatable bonds is 9. The van der Waals surface area contributed by atoms with E-state index in [1.807, 2.05) is 63.2 Å². The topological polar surface area (TPSA) is 81.5 Å². The largest absolute Gasteiger partial charge is 0.491 e. The van der Waals surface area contributed by atoms with Crippen LogP contribution in [-0.4, -0.2) is 51.4 Å². The Bertz CT molecular complexity index is 1070. The van der Waals surface area contributed by atoms with Crippen LogP contribution in [0.15, 0.2) is 54.6 Å². The third-order valence-corrected chi connectivity index (χ3v) is 5.73. The van der Waals surface area contributed by atoms with Gasteiger partial charge in [-0.05, 0) is 50.6 Å². The first kappa shape index (κ1) is 23.8. The standard InChI is InChI=1S/C26H33N5O3/c1-19(2)34-23-11-9-21(10-12-23)17-30-14-13-24-28-29-26(31(24)16-15-30)20(3)27-25(32)18-33-22-7-5-4-6-8-22/h4-12,19-20H,13-18H2,1-3H3,(H,27,32). The molecule has 8 nitrogen and oxygen atoms in total. The van der Waals surface area contributed by atoms with E-state index in [2.05, 4.69) is 37.1 Å². The molecule has 1 unspecified atom stereocenters. The summed E-state index contributed by atoms with van der Waals surface area (Å²) in [5.41, 5.74) is 1.26. The maximum absolute atomic E-state index is 12.4. The van der Waals surface area contributed by atoms with E-state index in [4.69, 9.17) is 9.47 Å². The van der Waals surface area contributed by atoms with Crippen LogP contribution in [0.4, 0.5) is 0 Å². The lowest BCUT2D eigenvalue weighted by Gasteiger charge is -2.20. The van der Waals surface area contributed by atoms with Gasteiger partial charge in [0.1, 0.15) is 17.3 Å². The fourth-order valence-electron chi connectivity index (χ4n) is 4.08. The summed E-state index contributed by atoms with van der Waals surface area (Å²) in [6.45, 7) is 9.41. The van der Waals surface area contributed by atoms with Gasteiger partial charge in [0.25, 0.3) is 5.91 Å². The Balaban J connectivity index is 1.30. The average Bonchev–Trinajstić information content (AvgIpc) is 3.14. The van der Waals surface area contributed by atoms with Gasteiger partial charge in [0.2, 0.25) is 0 Å². The minimum absolute atomic E-state index is 0.0376. The van der Waals surface area contributed by atoms with Crippen LogP contribution in [0, 0.1) is 0 Å². The summed E-state index contributed by atoms with van der Waals surface area (Å²) >= 11 is 0. The summed E-state index contributed by atoms with van der Waals surface area (Å²) in [7, 11) is 0. The molecule has 1 N–H and O–H groups in total. The molecule has 0 aliphatic carbocycles. The van der Waals surface area contributed by atoms with Crippen molar-refractivity contribution < 1.29 is 14.3 Å². The normalized spacial score (nSPS) is 14.8. The monoisotopic (exact) mass is 463 g/mol. The Labute approximate surface area is 200 Å². The molecule has 34 heavy (non-hydrogen) atoms. The van der Waals surface area contributed by atoms with Gasteiger partial charge in [-0.1, -0.05) is 30.3 Å². The van der Waals surface area contributed by atoms with Gasteiger partial charge in [0.15, 0.2) is 12.4 Å². The zero-order valence-corrected chi connectivity index (χ0v) is 20.1. The van der Waals surface area contributed by atoms with Crippen molar-refractivity contribution in [3.63, 3.8) is 0 Å². The molecule has 4 rings (SSSR count). The number of fused-ring (bicyclic) bond motifs is 1. The summed E-state index contributed by atoms with van der Waals surface area (Å²) < 4.78 is 13.4. The van der Waals surface area contributed by atoms with Crippen LogP contribution >= 0.6 is 0 Å². The van der Waals surface area contributed by atoms with Crippen LogP contribution in [0.3, 0.4) is 0 Å². The summed E-state index contributed by atoms with van der Waals surface area (Å²) in [6.07, 6.45) is 0.990. The van der Waals surface area contributed by atoms with Crippen molar-refractivity contribution in [2.45, 2.75) is 52.4 Å². The molecule has 180 valence electrons. The van der Waals surface area contributed by atoms with Crippen LogP contribution in [0.1, 0.15) is 44.0 Å². The first-order valence-corrected chi connectivity index (χ1v) is 11.8. The fourth-order valence-corrected chi connectivity index (χ4v) is 4.08. The predicted molar refractivity (Wildman–Crippen MR) is 130 cm³/mol. The second kappa shape index (κ2) is 11.2. The quantitative estimate of drug-likeness (QED) is 0.524. The van der Waals surface area contributed by atoms with Gasteiger partial charge < -0.3 is 19.4 Å². The summed E-state index contributed by atoms with van der Waals surface area (Å²) in [5.74, 6) is 3.12. The third kappa shape index (κ3) is 6.35. The number of carbonyl (C=O) groups is 1. The molecule has 8 heteroatoms. The van der Waals surface area contributed by atoms with Gasteiger partial charge in [-0.25, -0.2) is 0 Å². The minimum atomic E-state index is -0.256. The van der Waals surface area contributed by atoms with E-state index in [0.717, 1.165) is 50.0 Å². The number of aromatic nitrogens is 3. The van der Waals surface area contributed by atoms with Crippen LogP contribution in [0.2, 0.25) is 0 Å². The molecule has 0 fully saturated rings. The highest BCUT2D eigenvalue weighted by atomic mass is 16.5. The second-order valence-corrected chi connectivity index (χ2v) is 8.85. The number of amides is 1. The van der Waals surface area contributed by atoms with Crippen LogP contribution in [0.5, 0.6) is 11.5 Å². The number of ether oxygens (including phenoxy) is 2. The molecule has 2 heterocycles. The van der Waals surface area contributed by atoms with Crippen molar-refractivity contribution in [3.05, 3.63) is 71.8 Å². The van der Waals surface area contributed by atoms with E-state index in [1.165, 1.54) is 5.56 Å². The van der Waals surface area contributed by atoms with E-state index in [9.17, 15) is 4.79 Å². The van der Waals surface area contributed by atoms with Crippen molar-refractivity contribution in [1.82, 2.24) is 25.0 Å². The molecule has 0 saturated heterocycles. The smallest absolute Gasteiger partial charge is 0.258 e. The number of hydrogen-bond donors (Lipinski definition) is 1. The number of benzene rings is 2. The Morgan fingerprint density at radius 2 is 1.74 bits per heavy atom. The highest BCUT2D eigenvalue weighted by Crippen LogP contribution is 2.19. The maximum atomic E-state index is 12.4. The lowest BCUT2D eigenvalue weighted by atomic mass is 10.2. The molecule has 0 saturated carbocycles. The molecule has 2 aromatic carbocycles. The van der Waals surface area contributed by atoms with Gasteiger partial charge in [-0.15, -0.1) is 10.2 Å². The predicted octanol–water partition coefficient (Wildman–Crippen LogP) is 3.38. The Morgan fingerprint density at radius 3 is 2.47 bits per heavy atom. The van der Waals surface area contributed by atoms with Gasteiger partial charge in [0, 0.05) is 32.6 Å². The van der Waals surface area contributed by atoms with Gasteiger partial charge >= 0.3 is 0 Å². The summed E-state index contributed by atoms with van der Waals surface area (Å²) in [6, 6.07) is 17.4. The molecule has 0 spiro atoms. The molecular formula is C26H33N5O3. The molecule has 0 radical (unpaired) electrons. The van der Waals surface area contributed by atoms with E-state index in [1.54, 1.807) is 0 Å². The number of hydrogen-bond acceptors (Lipinski definition) is 6. The highest BCUT2D eigenvalue weighted by molar-refractivity contribution is 5.77. The Hall–Kier alpha value is -3.39. The van der Waals surface area contributed by atoms with E-state index >= 15 is 0 Å². The average molecular weight is 464 g/mol. The molecule has 1 aliphatic heterocycles. The second-order valence-electron chi connectivity index (χ2n) is 8.85. The molecule has 1 atom stereocenters. The molecular weight excluding hydrogens is 430 g/mol. The summed E-state index contributed by atoms with van der Waals surface area (Å²) in [4.78, 5) is 14.8. The van der Waals surface area contributed by atoms with Crippen LogP contribution < -0.4 is 14.8 Å². The number of nitrogens with one attached hydrogen (secondary N) is 1. The van der Waals surface area contributed by atoms with Gasteiger partial charge in [-0.3, -0.25) is 9.69 Å². The van der Waals surface area contributed by atoms with E-state index in [0.29, 0.717) is 5.75 Å². The van der Waals surface area contributed by atoms with E-state index in [-0.39, 0.29) is 24.7 Å². The number of carbonyl (C=O) groups excluding carboxylic acids is 1. The van der Waals surface area contributed by atoms with Crippen molar-refractivity contribution in [2.24, 2.45) is 0 Å². The maximum Gasteiger partial charge on any atom is 0.258 e. The minimum Gasteiger partial charge on any atom is -0.491 e. The lowest BCUT2D eigenvalue weighted by Crippen LogP contribution is -2.33. The fraction of sp³-hybridized carbons (Fsp3) is 0.423. The van der Waals surface area contributed by atoms with Crippen molar-refractivity contribution >= 4 is 5.91 Å². The SMILES string of the molecule is CC(C)Oc1ccc(CN2CCc3nnc(C(C)NC(=O)COc4ccccc4)n3CC2)cc1.